The maximum atomic E-state index is 12.0. The lowest BCUT2D eigenvalue weighted by Gasteiger charge is -2.29. The first-order chi connectivity index (χ1) is 8.52. The van der Waals surface area contributed by atoms with Gasteiger partial charge in [0.2, 0.25) is 11.8 Å². The van der Waals surface area contributed by atoms with Crippen molar-refractivity contribution in [2.24, 2.45) is 11.7 Å². The topological polar surface area (TPSA) is 63.4 Å². The van der Waals surface area contributed by atoms with Gasteiger partial charge in [-0.25, -0.2) is 0 Å². The second-order valence-electron chi connectivity index (χ2n) is 4.96. The third-order valence-electron chi connectivity index (χ3n) is 3.30. The maximum absolute atomic E-state index is 12.0. The molecule has 1 aliphatic rings. The van der Waals surface area contributed by atoms with E-state index in [1.54, 1.807) is 0 Å². The van der Waals surface area contributed by atoms with Crippen LogP contribution in [0.4, 0.5) is 5.69 Å². The van der Waals surface area contributed by atoms with E-state index >= 15 is 0 Å². The molecule has 18 heavy (non-hydrogen) atoms. The molecule has 0 saturated carbocycles. The highest BCUT2D eigenvalue weighted by Gasteiger charge is 2.32. The van der Waals surface area contributed by atoms with Gasteiger partial charge in [0.05, 0.1) is 5.69 Å². The average molecular weight is 246 g/mol. The summed E-state index contributed by atoms with van der Waals surface area (Å²) in [5.74, 6) is -0.0914. The monoisotopic (exact) mass is 246 g/mol. The van der Waals surface area contributed by atoms with Crippen LogP contribution in [0.5, 0.6) is 0 Å². The number of nitrogens with zero attached hydrogens (tertiary/aromatic N) is 1. The lowest BCUT2D eigenvalue weighted by Crippen LogP contribution is -2.43. The van der Waals surface area contributed by atoms with Crippen LogP contribution in [0.2, 0.25) is 0 Å². The Labute approximate surface area is 107 Å². The number of hydrogen-bond acceptors (Lipinski definition) is 3. The largest absolute Gasteiger partial charge is 0.326 e. The first-order valence-electron chi connectivity index (χ1n) is 6.18. The molecule has 1 aromatic rings. The van der Waals surface area contributed by atoms with Crippen LogP contribution < -0.4 is 10.6 Å². The van der Waals surface area contributed by atoms with Gasteiger partial charge in [-0.2, -0.15) is 0 Å². The molecule has 2 N–H and O–H groups in total. The molecule has 0 aromatic heterocycles. The van der Waals surface area contributed by atoms with Crippen LogP contribution in [-0.4, -0.2) is 11.8 Å². The molecular weight excluding hydrogens is 228 g/mol. The minimum atomic E-state index is -0.115. The zero-order valence-electron chi connectivity index (χ0n) is 10.8. The van der Waals surface area contributed by atoms with Gasteiger partial charge in [-0.05, 0) is 30.0 Å². The van der Waals surface area contributed by atoms with Crippen molar-refractivity contribution in [3.63, 3.8) is 0 Å². The Kier molecular flexibility index (Phi) is 3.48. The quantitative estimate of drug-likeness (QED) is 0.808. The van der Waals surface area contributed by atoms with Crippen molar-refractivity contribution in [3.8, 4) is 0 Å². The molecule has 0 unspecified atom stereocenters. The van der Waals surface area contributed by atoms with Crippen molar-refractivity contribution in [2.75, 3.05) is 4.90 Å². The van der Waals surface area contributed by atoms with Crippen LogP contribution in [0.3, 0.4) is 0 Å². The molecular formula is C14H18N2O2. The Morgan fingerprint density at radius 2 is 1.89 bits per heavy atom. The van der Waals surface area contributed by atoms with Crippen molar-refractivity contribution in [1.82, 2.24) is 0 Å². The van der Waals surface area contributed by atoms with Gasteiger partial charge < -0.3 is 5.73 Å². The zero-order chi connectivity index (χ0) is 13.3. The molecule has 1 heterocycles. The van der Waals surface area contributed by atoms with Crippen molar-refractivity contribution in [3.05, 3.63) is 29.3 Å². The summed E-state index contributed by atoms with van der Waals surface area (Å²) in [6, 6.07) is 5.65. The molecule has 0 bridgehead atoms. The average Bonchev–Trinajstić information content (AvgIpc) is 2.30. The van der Waals surface area contributed by atoms with Gasteiger partial charge in [-0.15, -0.1) is 0 Å². The SMILES string of the molecule is Cc1ccc(CN)cc1N1C(=O)CC(C)CC1=O. The summed E-state index contributed by atoms with van der Waals surface area (Å²) in [6.07, 6.45) is 0.857. The van der Waals surface area contributed by atoms with Gasteiger partial charge in [0.25, 0.3) is 0 Å². The van der Waals surface area contributed by atoms with E-state index in [-0.39, 0.29) is 17.7 Å². The van der Waals surface area contributed by atoms with Crippen molar-refractivity contribution in [2.45, 2.75) is 33.2 Å². The second-order valence-corrected chi connectivity index (χ2v) is 4.96. The number of imide groups is 1. The van der Waals surface area contributed by atoms with Gasteiger partial charge in [-0.1, -0.05) is 19.1 Å². The summed E-state index contributed by atoms with van der Waals surface area (Å²) >= 11 is 0. The Morgan fingerprint density at radius 3 is 2.44 bits per heavy atom. The van der Waals surface area contributed by atoms with Gasteiger partial charge in [0.1, 0.15) is 0 Å². The second kappa shape index (κ2) is 4.90. The number of piperidine rings is 1. The zero-order valence-corrected chi connectivity index (χ0v) is 10.8. The fraction of sp³-hybridized carbons (Fsp3) is 0.429. The molecule has 0 spiro atoms. The number of aryl methyl sites for hydroxylation is 1. The van der Waals surface area contributed by atoms with E-state index in [4.69, 9.17) is 5.73 Å². The van der Waals surface area contributed by atoms with E-state index in [1.165, 1.54) is 4.90 Å². The molecule has 96 valence electrons. The highest BCUT2D eigenvalue weighted by molar-refractivity contribution is 6.17. The Balaban J connectivity index is 2.41. The Morgan fingerprint density at radius 1 is 1.28 bits per heavy atom. The van der Waals surface area contributed by atoms with E-state index in [1.807, 2.05) is 32.0 Å². The molecule has 1 fully saturated rings. The number of carbonyl (C=O) groups excluding carboxylic acids is 2. The third-order valence-corrected chi connectivity index (χ3v) is 3.30. The Hall–Kier alpha value is -1.68. The highest BCUT2D eigenvalue weighted by atomic mass is 16.2. The van der Waals surface area contributed by atoms with Gasteiger partial charge >= 0.3 is 0 Å². The van der Waals surface area contributed by atoms with Gasteiger partial charge in [0, 0.05) is 19.4 Å². The Bertz CT molecular complexity index is 479. The van der Waals surface area contributed by atoms with E-state index in [0.29, 0.717) is 25.1 Å². The van der Waals surface area contributed by atoms with Crippen LogP contribution in [0.15, 0.2) is 18.2 Å². The molecule has 4 nitrogen and oxygen atoms in total. The molecule has 2 amide bonds. The normalized spacial score (nSPS) is 17.4. The molecule has 0 atom stereocenters. The summed E-state index contributed by atoms with van der Waals surface area (Å²) in [7, 11) is 0. The third kappa shape index (κ3) is 2.29. The molecule has 0 aliphatic carbocycles. The van der Waals surface area contributed by atoms with Gasteiger partial charge in [0.15, 0.2) is 0 Å². The summed E-state index contributed by atoms with van der Waals surface area (Å²) in [5.41, 5.74) is 8.13. The molecule has 0 radical (unpaired) electrons. The number of rotatable bonds is 2. The van der Waals surface area contributed by atoms with Crippen molar-refractivity contribution >= 4 is 17.5 Å². The molecule has 4 heteroatoms. The highest BCUT2D eigenvalue weighted by Crippen LogP contribution is 2.28. The number of hydrogen-bond donors (Lipinski definition) is 1. The number of carbonyl (C=O) groups is 2. The standard InChI is InChI=1S/C14H18N2O2/c1-9-5-13(17)16(14(18)6-9)12-7-11(8-15)4-3-10(12)2/h3-4,7,9H,5-6,8,15H2,1-2H3. The minimum Gasteiger partial charge on any atom is -0.326 e. The number of anilines is 1. The van der Waals surface area contributed by atoms with Crippen LogP contribution in [-0.2, 0) is 16.1 Å². The smallest absolute Gasteiger partial charge is 0.234 e. The van der Waals surface area contributed by atoms with Crippen molar-refractivity contribution < 1.29 is 9.59 Å². The summed E-state index contributed by atoms with van der Waals surface area (Å²) < 4.78 is 0. The number of benzene rings is 1. The first-order valence-corrected chi connectivity index (χ1v) is 6.18. The molecule has 1 aliphatic heterocycles. The molecule has 1 aromatic carbocycles. The fourth-order valence-electron chi connectivity index (χ4n) is 2.28. The van der Waals surface area contributed by atoms with Crippen LogP contribution in [0.1, 0.15) is 30.9 Å². The van der Waals surface area contributed by atoms with Crippen LogP contribution >= 0.6 is 0 Å². The first kappa shape index (κ1) is 12.8. The van der Waals surface area contributed by atoms with Crippen LogP contribution in [0.25, 0.3) is 0 Å². The summed E-state index contributed by atoms with van der Waals surface area (Å²) in [4.78, 5) is 25.4. The molecule has 2 rings (SSSR count). The summed E-state index contributed by atoms with van der Waals surface area (Å²) in [5, 5.41) is 0. The van der Waals surface area contributed by atoms with E-state index in [0.717, 1.165) is 11.1 Å². The van der Waals surface area contributed by atoms with Crippen molar-refractivity contribution in [1.29, 1.82) is 0 Å². The van der Waals surface area contributed by atoms with E-state index in [2.05, 4.69) is 0 Å². The number of amides is 2. The fourth-order valence-corrected chi connectivity index (χ4v) is 2.28. The predicted molar refractivity (Wildman–Crippen MR) is 70.0 cm³/mol. The number of nitrogens with two attached hydrogens (primary N) is 1. The van der Waals surface area contributed by atoms with E-state index < -0.39 is 0 Å². The van der Waals surface area contributed by atoms with E-state index in [9.17, 15) is 9.59 Å². The van der Waals surface area contributed by atoms with Crippen LogP contribution in [0, 0.1) is 12.8 Å². The lowest BCUT2D eigenvalue weighted by molar-refractivity contribution is -0.130. The predicted octanol–water partition coefficient (Wildman–Crippen LogP) is 1.74. The minimum absolute atomic E-state index is 0.115. The lowest BCUT2D eigenvalue weighted by atomic mass is 9.96. The maximum Gasteiger partial charge on any atom is 0.234 e. The molecule has 1 saturated heterocycles. The van der Waals surface area contributed by atoms with Gasteiger partial charge in [-0.3, -0.25) is 14.5 Å². The summed E-state index contributed by atoms with van der Waals surface area (Å²) in [6.45, 7) is 4.23.